The Morgan fingerprint density at radius 2 is 2.26 bits per heavy atom. The molecule has 1 aromatic rings. The van der Waals surface area contributed by atoms with Gasteiger partial charge in [-0.3, -0.25) is 9.69 Å². The summed E-state index contributed by atoms with van der Waals surface area (Å²) in [6.45, 7) is 2.04. The number of hydrogen-bond acceptors (Lipinski definition) is 4. The second kappa shape index (κ2) is 5.16. The average molecular weight is 351 g/mol. The number of hydrogen-bond donors (Lipinski definition) is 0. The molecule has 1 amide bonds. The number of amides is 1. The van der Waals surface area contributed by atoms with E-state index in [4.69, 9.17) is 0 Å². The van der Waals surface area contributed by atoms with Gasteiger partial charge in [-0.1, -0.05) is 0 Å². The van der Waals surface area contributed by atoms with E-state index in [1.165, 1.54) is 4.90 Å². The first kappa shape index (κ1) is 14.4. The summed E-state index contributed by atoms with van der Waals surface area (Å²) in [4.78, 5) is 17.3. The average Bonchev–Trinajstić information content (AvgIpc) is 2.61. The summed E-state index contributed by atoms with van der Waals surface area (Å²) >= 11 is 3.31. The third-order valence-electron chi connectivity index (χ3n) is 2.95. The van der Waals surface area contributed by atoms with Gasteiger partial charge in [0.05, 0.1) is 5.75 Å². The van der Waals surface area contributed by atoms with E-state index >= 15 is 0 Å². The number of pyridine rings is 1. The van der Waals surface area contributed by atoms with Gasteiger partial charge in [-0.15, -0.1) is 3.89 Å². The van der Waals surface area contributed by atoms with E-state index in [9.17, 15) is 17.1 Å². The molecule has 2 heterocycles. The van der Waals surface area contributed by atoms with E-state index < -0.39 is 21.9 Å². The Labute approximate surface area is 119 Å². The Hall–Kier alpha value is -1.02. The smallest absolute Gasteiger partial charge is 0.296 e. The molecule has 1 aliphatic rings. The predicted molar refractivity (Wildman–Crippen MR) is 72.0 cm³/mol. The van der Waals surface area contributed by atoms with Crippen molar-refractivity contribution in [2.24, 2.45) is 5.92 Å². The Morgan fingerprint density at radius 1 is 1.58 bits per heavy atom. The minimum absolute atomic E-state index is 0.0277. The Balaban J connectivity index is 2.18. The first-order chi connectivity index (χ1) is 8.76. The second-order valence-corrected chi connectivity index (χ2v) is 6.84. The summed E-state index contributed by atoms with van der Waals surface area (Å²) in [5.74, 6) is -0.911. The fourth-order valence-corrected chi connectivity index (χ4v) is 3.07. The van der Waals surface area contributed by atoms with Gasteiger partial charge in [0.25, 0.3) is 0 Å². The highest BCUT2D eigenvalue weighted by atomic mass is 79.9. The van der Waals surface area contributed by atoms with Gasteiger partial charge in [0, 0.05) is 29.6 Å². The molecule has 8 heteroatoms. The molecule has 104 valence electrons. The highest BCUT2D eigenvalue weighted by Crippen LogP contribution is 2.27. The number of carbonyl (C=O) groups excluding carboxylic acids is 1. The van der Waals surface area contributed by atoms with Crippen molar-refractivity contribution in [2.45, 2.75) is 13.3 Å². The van der Waals surface area contributed by atoms with Crippen LogP contribution in [0.5, 0.6) is 0 Å². The minimum Gasteiger partial charge on any atom is -0.296 e. The summed E-state index contributed by atoms with van der Waals surface area (Å²) in [5, 5.41) is 0. The van der Waals surface area contributed by atoms with E-state index in [1.54, 1.807) is 12.3 Å². The van der Waals surface area contributed by atoms with Crippen molar-refractivity contribution in [2.75, 3.05) is 17.2 Å². The largest absolute Gasteiger partial charge is 0.302 e. The maximum absolute atomic E-state index is 12.6. The van der Waals surface area contributed by atoms with Crippen molar-refractivity contribution in [1.82, 2.24) is 4.98 Å². The molecule has 0 bridgehead atoms. The van der Waals surface area contributed by atoms with Crippen molar-refractivity contribution in [3.8, 4) is 0 Å². The van der Waals surface area contributed by atoms with Crippen LogP contribution in [0.2, 0.25) is 0 Å². The zero-order valence-corrected chi connectivity index (χ0v) is 12.5. The van der Waals surface area contributed by atoms with Crippen LogP contribution in [0.15, 0.2) is 16.7 Å². The maximum Gasteiger partial charge on any atom is 0.302 e. The third-order valence-corrected chi connectivity index (χ3v) is 4.65. The molecule has 1 fully saturated rings. The van der Waals surface area contributed by atoms with E-state index in [0.29, 0.717) is 5.82 Å². The highest BCUT2D eigenvalue weighted by Gasteiger charge is 2.34. The van der Waals surface area contributed by atoms with E-state index in [-0.39, 0.29) is 18.9 Å². The summed E-state index contributed by atoms with van der Waals surface area (Å²) in [6, 6.07) is 1.73. The molecule has 1 unspecified atom stereocenters. The molecule has 5 nitrogen and oxygen atoms in total. The van der Waals surface area contributed by atoms with Crippen LogP contribution >= 0.6 is 15.9 Å². The van der Waals surface area contributed by atoms with Crippen LogP contribution in [0.4, 0.5) is 9.70 Å². The lowest BCUT2D eigenvalue weighted by molar-refractivity contribution is -0.117. The van der Waals surface area contributed by atoms with Crippen LogP contribution < -0.4 is 4.90 Å². The predicted octanol–water partition coefficient (Wildman–Crippen LogP) is 1.80. The van der Waals surface area contributed by atoms with Crippen LogP contribution in [0.1, 0.15) is 12.0 Å². The minimum atomic E-state index is -4.56. The van der Waals surface area contributed by atoms with Crippen molar-refractivity contribution in [1.29, 1.82) is 0 Å². The molecule has 2 rings (SSSR count). The zero-order chi connectivity index (χ0) is 14.2. The second-order valence-electron chi connectivity index (χ2n) is 4.57. The molecule has 0 aliphatic carbocycles. The van der Waals surface area contributed by atoms with Gasteiger partial charge in [0.2, 0.25) is 5.91 Å². The molecule has 1 aromatic heterocycles. The monoisotopic (exact) mass is 350 g/mol. The van der Waals surface area contributed by atoms with Crippen molar-refractivity contribution < 1.29 is 17.1 Å². The highest BCUT2D eigenvalue weighted by molar-refractivity contribution is 9.10. The number of aryl methyl sites for hydroxylation is 1. The van der Waals surface area contributed by atoms with E-state index in [1.807, 2.05) is 6.92 Å². The molecule has 0 radical (unpaired) electrons. The molecule has 0 spiro atoms. The maximum atomic E-state index is 12.6. The van der Waals surface area contributed by atoms with Crippen LogP contribution in [-0.4, -0.2) is 31.6 Å². The van der Waals surface area contributed by atoms with Crippen LogP contribution in [-0.2, 0) is 15.0 Å². The van der Waals surface area contributed by atoms with Gasteiger partial charge in [0.15, 0.2) is 0 Å². The standard InChI is InChI=1S/C11H12BrFN2O3S/c1-7-2-10(14-4-9(7)12)15-5-8(3-11(15)16)6-19(13,17)18/h2,4,8H,3,5-6H2,1H3. The fraction of sp³-hybridized carbons (Fsp3) is 0.455. The van der Waals surface area contributed by atoms with Gasteiger partial charge in [-0.2, -0.15) is 8.42 Å². The van der Waals surface area contributed by atoms with Gasteiger partial charge >= 0.3 is 10.2 Å². The topological polar surface area (TPSA) is 67.3 Å². The Morgan fingerprint density at radius 3 is 2.84 bits per heavy atom. The number of nitrogens with zero attached hydrogens (tertiary/aromatic N) is 2. The van der Waals surface area contributed by atoms with Gasteiger partial charge < -0.3 is 0 Å². The summed E-state index contributed by atoms with van der Waals surface area (Å²) in [6.07, 6.45) is 1.61. The van der Waals surface area contributed by atoms with Crippen molar-refractivity contribution >= 4 is 37.9 Å². The molecule has 1 saturated heterocycles. The van der Waals surface area contributed by atoms with Gasteiger partial charge in [-0.25, -0.2) is 4.98 Å². The first-order valence-corrected chi connectivity index (χ1v) is 7.95. The van der Waals surface area contributed by atoms with Gasteiger partial charge in [-0.05, 0) is 34.5 Å². The molecule has 0 aromatic carbocycles. The van der Waals surface area contributed by atoms with Gasteiger partial charge in [0.1, 0.15) is 5.82 Å². The molecule has 0 N–H and O–H groups in total. The molecule has 1 atom stereocenters. The molecule has 1 aliphatic heterocycles. The summed E-state index contributed by atoms with van der Waals surface area (Å²) in [5.41, 5.74) is 0.916. The van der Waals surface area contributed by atoms with Crippen molar-refractivity contribution in [3.05, 3.63) is 22.3 Å². The SMILES string of the molecule is Cc1cc(N2CC(CS(=O)(=O)F)CC2=O)ncc1Br. The van der Waals surface area contributed by atoms with Crippen LogP contribution in [0, 0.1) is 12.8 Å². The number of rotatable bonds is 3. The lowest BCUT2D eigenvalue weighted by Crippen LogP contribution is -2.26. The van der Waals surface area contributed by atoms with Crippen LogP contribution in [0.25, 0.3) is 0 Å². The Kier molecular flexibility index (Phi) is 3.91. The summed E-state index contributed by atoms with van der Waals surface area (Å²) < 4.78 is 34.7. The number of carbonyl (C=O) groups is 1. The first-order valence-electron chi connectivity index (χ1n) is 5.61. The quantitative estimate of drug-likeness (QED) is 0.779. The lowest BCUT2D eigenvalue weighted by Gasteiger charge is -2.16. The van der Waals surface area contributed by atoms with Crippen molar-refractivity contribution in [3.63, 3.8) is 0 Å². The van der Waals surface area contributed by atoms with E-state index in [2.05, 4.69) is 20.9 Å². The lowest BCUT2D eigenvalue weighted by atomic mass is 10.1. The molecule has 0 saturated carbocycles. The zero-order valence-electron chi connectivity index (χ0n) is 10.1. The number of halogens is 2. The summed E-state index contributed by atoms with van der Waals surface area (Å²) in [7, 11) is -4.56. The molecule has 19 heavy (non-hydrogen) atoms. The number of aromatic nitrogens is 1. The van der Waals surface area contributed by atoms with Crippen LogP contribution in [0.3, 0.4) is 0 Å². The van der Waals surface area contributed by atoms with E-state index in [0.717, 1.165) is 10.0 Å². The molecular weight excluding hydrogens is 339 g/mol. The fourth-order valence-electron chi connectivity index (χ4n) is 2.07. The molecular formula is C11H12BrFN2O3S. The Bertz CT molecular complexity index is 620. The third kappa shape index (κ3) is 3.50. The normalized spacial score (nSPS) is 20.1. The number of anilines is 1.